The van der Waals surface area contributed by atoms with Gasteiger partial charge in [0, 0.05) is 24.3 Å². The van der Waals surface area contributed by atoms with Crippen LogP contribution in [0, 0.1) is 13.8 Å². The van der Waals surface area contributed by atoms with E-state index in [1.807, 2.05) is 19.1 Å². The fourth-order valence-electron chi connectivity index (χ4n) is 3.07. The first-order chi connectivity index (χ1) is 13.8. The minimum Gasteiger partial charge on any atom is -0.462 e. The topological polar surface area (TPSA) is 120 Å². The summed E-state index contributed by atoms with van der Waals surface area (Å²) in [5.41, 5.74) is 2.47. The Morgan fingerprint density at radius 2 is 1.62 bits per heavy atom. The van der Waals surface area contributed by atoms with Crippen molar-refractivity contribution in [3.63, 3.8) is 0 Å². The molecule has 1 amide bonds. The molecule has 0 aliphatic heterocycles. The van der Waals surface area contributed by atoms with Gasteiger partial charge in [0.1, 0.15) is 5.69 Å². The van der Waals surface area contributed by atoms with Gasteiger partial charge in [-0.2, -0.15) is 0 Å². The van der Waals surface area contributed by atoms with E-state index in [-0.39, 0.29) is 44.2 Å². The minimum atomic E-state index is -0.877. The second kappa shape index (κ2) is 9.99. The maximum atomic E-state index is 13.0. The molecule has 0 bridgehead atoms. The van der Waals surface area contributed by atoms with Crippen molar-refractivity contribution >= 4 is 17.7 Å². The number of carbonyl (C=O) groups is 3. The van der Waals surface area contributed by atoms with E-state index in [0.29, 0.717) is 16.8 Å². The Labute approximate surface area is 169 Å². The molecular weight excluding hydrogens is 376 g/mol. The third kappa shape index (κ3) is 4.90. The molecule has 0 unspecified atom stereocenters. The number of Topliss-reactive ketones (excluding diaryl/α,β-unsaturated/α-hetero) is 1. The highest BCUT2D eigenvalue weighted by molar-refractivity contribution is 6.43. The van der Waals surface area contributed by atoms with Gasteiger partial charge in [0.15, 0.2) is 0 Å². The van der Waals surface area contributed by atoms with E-state index in [1.54, 1.807) is 26.0 Å². The molecule has 2 aromatic rings. The maximum Gasteiger partial charge on any atom is 0.340 e. The van der Waals surface area contributed by atoms with Gasteiger partial charge in [-0.3, -0.25) is 9.59 Å². The molecule has 0 aliphatic carbocycles. The summed E-state index contributed by atoms with van der Waals surface area (Å²) in [6.45, 7) is 4.52. The van der Waals surface area contributed by atoms with E-state index >= 15 is 0 Å². The van der Waals surface area contributed by atoms with E-state index < -0.39 is 17.7 Å². The fraction of sp³-hybridized carbons (Fsp3) is 0.381. The third-order valence-corrected chi connectivity index (χ3v) is 4.46. The summed E-state index contributed by atoms with van der Waals surface area (Å²) in [6, 6.07) is 7.21. The lowest BCUT2D eigenvalue weighted by atomic mass is 9.97. The van der Waals surface area contributed by atoms with Crippen molar-refractivity contribution in [2.75, 3.05) is 32.9 Å². The largest absolute Gasteiger partial charge is 0.462 e. The number of benzene rings is 1. The quantitative estimate of drug-likeness (QED) is 0.332. The fourth-order valence-corrected chi connectivity index (χ4v) is 3.07. The molecule has 1 aromatic heterocycles. The third-order valence-electron chi connectivity index (χ3n) is 4.46. The molecule has 156 valence electrons. The Morgan fingerprint density at radius 3 is 2.14 bits per heavy atom. The number of ketones is 1. The summed E-state index contributed by atoms with van der Waals surface area (Å²) in [5, 5.41) is 18.3. The van der Waals surface area contributed by atoms with Gasteiger partial charge in [0.25, 0.3) is 11.7 Å². The lowest BCUT2D eigenvalue weighted by Gasteiger charge is -2.19. The van der Waals surface area contributed by atoms with Crippen molar-refractivity contribution in [1.82, 2.24) is 9.88 Å². The number of amides is 1. The van der Waals surface area contributed by atoms with Gasteiger partial charge in [-0.25, -0.2) is 4.79 Å². The van der Waals surface area contributed by atoms with Crippen molar-refractivity contribution in [3.05, 3.63) is 46.8 Å². The zero-order valence-electron chi connectivity index (χ0n) is 16.8. The van der Waals surface area contributed by atoms with Crippen molar-refractivity contribution in [2.45, 2.75) is 20.8 Å². The summed E-state index contributed by atoms with van der Waals surface area (Å²) in [5.74, 6) is -2.33. The van der Waals surface area contributed by atoms with E-state index in [9.17, 15) is 14.4 Å². The van der Waals surface area contributed by atoms with Crippen LogP contribution in [0.2, 0.25) is 0 Å². The molecule has 1 heterocycles. The predicted molar refractivity (Wildman–Crippen MR) is 107 cm³/mol. The zero-order chi connectivity index (χ0) is 21.6. The van der Waals surface area contributed by atoms with E-state index in [2.05, 4.69) is 4.98 Å². The molecule has 0 atom stereocenters. The van der Waals surface area contributed by atoms with Crippen LogP contribution in [0.5, 0.6) is 0 Å². The molecule has 29 heavy (non-hydrogen) atoms. The highest BCUT2D eigenvalue weighted by Gasteiger charge is 2.31. The number of rotatable bonds is 9. The molecule has 8 heteroatoms. The SMILES string of the molecule is CCOC(=O)c1c(C)[nH]c(C(=O)C(=O)N(CCO)CCO)c1-c1ccc(C)cc1. The van der Waals surface area contributed by atoms with Crippen LogP contribution in [0.4, 0.5) is 0 Å². The highest BCUT2D eigenvalue weighted by atomic mass is 16.5. The van der Waals surface area contributed by atoms with Gasteiger partial charge in [-0.1, -0.05) is 29.8 Å². The Bertz CT molecular complexity index is 879. The van der Waals surface area contributed by atoms with Gasteiger partial charge in [-0.05, 0) is 26.3 Å². The van der Waals surface area contributed by atoms with Crippen molar-refractivity contribution in [1.29, 1.82) is 0 Å². The van der Waals surface area contributed by atoms with Gasteiger partial charge >= 0.3 is 5.97 Å². The van der Waals surface area contributed by atoms with Crippen LogP contribution in [0.3, 0.4) is 0 Å². The number of aliphatic hydroxyl groups excluding tert-OH is 2. The highest BCUT2D eigenvalue weighted by Crippen LogP contribution is 2.32. The smallest absolute Gasteiger partial charge is 0.340 e. The van der Waals surface area contributed by atoms with E-state index in [1.165, 1.54) is 0 Å². The lowest BCUT2D eigenvalue weighted by Crippen LogP contribution is -2.40. The number of aromatic nitrogens is 1. The van der Waals surface area contributed by atoms with Crippen molar-refractivity contribution in [3.8, 4) is 11.1 Å². The summed E-state index contributed by atoms with van der Waals surface area (Å²) in [4.78, 5) is 42.2. The van der Waals surface area contributed by atoms with Crippen molar-refractivity contribution in [2.24, 2.45) is 0 Å². The number of aryl methyl sites for hydroxylation is 2. The summed E-state index contributed by atoms with van der Waals surface area (Å²) in [7, 11) is 0. The number of H-pyrrole nitrogens is 1. The normalized spacial score (nSPS) is 10.7. The van der Waals surface area contributed by atoms with Crippen LogP contribution >= 0.6 is 0 Å². The standard InChI is InChI=1S/C21H26N2O6/c1-4-29-21(28)16-14(3)22-18(17(16)15-7-5-13(2)6-8-15)19(26)20(27)23(9-11-24)10-12-25/h5-8,22,24-25H,4,9-12H2,1-3H3. The van der Waals surface area contributed by atoms with Crippen LogP contribution in [0.25, 0.3) is 11.1 Å². The van der Waals surface area contributed by atoms with Crippen LogP contribution in [-0.4, -0.2) is 70.7 Å². The van der Waals surface area contributed by atoms with Gasteiger partial charge in [0.05, 0.1) is 25.4 Å². The Hall–Kier alpha value is -2.97. The summed E-state index contributed by atoms with van der Waals surface area (Å²) in [6.07, 6.45) is 0. The second-order valence-electron chi connectivity index (χ2n) is 6.53. The molecule has 0 saturated carbocycles. The summed E-state index contributed by atoms with van der Waals surface area (Å²) < 4.78 is 5.14. The molecule has 1 aromatic carbocycles. The number of nitrogens with one attached hydrogen (secondary N) is 1. The number of hydrogen-bond acceptors (Lipinski definition) is 6. The van der Waals surface area contributed by atoms with Crippen LogP contribution in [-0.2, 0) is 9.53 Å². The first-order valence-corrected chi connectivity index (χ1v) is 9.37. The second-order valence-corrected chi connectivity index (χ2v) is 6.53. The van der Waals surface area contributed by atoms with Crippen molar-refractivity contribution < 1.29 is 29.3 Å². The molecule has 0 aliphatic rings. The molecule has 8 nitrogen and oxygen atoms in total. The van der Waals surface area contributed by atoms with E-state index in [4.69, 9.17) is 14.9 Å². The number of hydrogen-bond donors (Lipinski definition) is 3. The Balaban J connectivity index is 2.60. The Kier molecular flexibility index (Phi) is 7.69. The average molecular weight is 402 g/mol. The monoisotopic (exact) mass is 402 g/mol. The number of aliphatic hydroxyl groups is 2. The first kappa shape index (κ1) is 22.3. The average Bonchev–Trinajstić information content (AvgIpc) is 3.04. The lowest BCUT2D eigenvalue weighted by molar-refractivity contribution is -0.127. The maximum absolute atomic E-state index is 13.0. The van der Waals surface area contributed by atoms with Crippen LogP contribution in [0.1, 0.15) is 39.0 Å². The molecule has 0 radical (unpaired) electrons. The minimum absolute atomic E-state index is 0.0275. The number of ether oxygens (including phenoxy) is 1. The predicted octanol–water partition coefficient (Wildman–Crippen LogP) is 1.47. The van der Waals surface area contributed by atoms with Gasteiger partial charge in [0.2, 0.25) is 0 Å². The zero-order valence-corrected chi connectivity index (χ0v) is 16.8. The number of nitrogens with zero attached hydrogens (tertiary/aromatic N) is 1. The molecule has 0 fully saturated rings. The van der Waals surface area contributed by atoms with Gasteiger partial charge < -0.3 is 24.8 Å². The molecule has 0 saturated heterocycles. The van der Waals surface area contributed by atoms with Gasteiger partial charge in [-0.15, -0.1) is 0 Å². The van der Waals surface area contributed by atoms with Crippen LogP contribution < -0.4 is 0 Å². The Morgan fingerprint density at radius 1 is 1.03 bits per heavy atom. The number of esters is 1. The summed E-state index contributed by atoms with van der Waals surface area (Å²) >= 11 is 0. The van der Waals surface area contributed by atoms with E-state index in [0.717, 1.165) is 10.5 Å². The van der Waals surface area contributed by atoms with Crippen LogP contribution in [0.15, 0.2) is 24.3 Å². The molecule has 3 N–H and O–H groups in total. The molecule has 2 rings (SSSR count). The molecular formula is C21H26N2O6. The first-order valence-electron chi connectivity index (χ1n) is 9.37. The number of aromatic amines is 1. The number of carbonyl (C=O) groups excluding carboxylic acids is 3. The molecule has 0 spiro atoms.